The zero-order chi connectivity index (χ0) is 50.0. The molecule has 0 spiro atoms. The van der Waals surface area contributed by atoms with Gasteiger partial charge in [0, 0.05) is 6.92 Å². The predicted molar refractivity (Wildman–Crippen MR) is 243 cm³/mol. The molecule has 0 bridgehead atoms. The molecule has 5 fully saturated rings. The van der Waals surface area contributed by atoms with Crippen LogP contribution in [0.3, 0.4) is 0 Å². The Bertz CT molecular complexity index is 1860. The molecular formula is C50H81NO17. The van der Waals surface area contributed by atoms with Gasteiger partial charge in [-0.25, -0.2) is 0 Å². The normalized spacial score (nSPS) is 46.3. The number of ether oxygens (including phenoxy) is 6. The third-order valence-corrected chi connectivity index (χ3v) is 18.4. The van der Waals surface area contributed by atoms with Crippen LogP contribution < -0.4 is 5.32 Å². The molecule has 3 heterocycles. The van der Waals surface area contributed by atoms with Crippen molar-refractivity contribution in [1.29, 1.82) is 0 Å². The number of aliphatic carboxylic acids is 1. The highest BCUT2D eigenvalue weighted by atomic mass is 16.8. The Morgan fingerprint density at radius 1 is 0.765 bits per heavy atom. The van der Waals surface area contributed by atoms with Gasteiger partial charge in [0.05, 0.1) is 31.3 Å². The van der Waals surface area contributed by atoms with E-state index in [1.807, 2.05) is 0 Å². The maximum atomic E-state index is 13.9. The zero-order valence-corrected chi connectivity index (χ0v) is 41.2. The summed E-state index contributed by atoms with van der Waals surface area (Å²) in [7, 11) is 0. The lowest BCUT2D eigenvalue weighted by Crippen LogP contribution is -2.69. The monoisotopic (exact) mass is 968 g/mol. The Hall–Kier alpha value is -2.14. The number of hydrogen-bond donors (Lipinski definition) is 10. The van der Waals surface area contributed by atoms with Crippen molar-refractivity contribution in [1.82, 2.24) is 5.32 Å². The molecule has 3 saturated heterocycles. The first-order valence-electron chi connectivity index (χ1n) is 25.0. The van der Waals surface area contributed by atoms with E-state index in [2.05, 4.69) is 60.4 Å². The van der Waals surface area contributed by atoms with Crippen molar-refractivity contribution in [3.05, 3.63) is 23.3 Å². The molecule has 0 radical (unpaired) electrons. The Kier molecular flexibility index (Phi) is 16.1. The number of carboxylic acids is 1. The summed E-state index contributed by atoms with van der Waals surface area (Å²) in [6, 6.07) is -1.43. The van der Waals surface area contributed by atoms with Crippen molar-refractivity contribution in [2.24, 2.45) is 45.3 Å². The molecular weight excluding hydrogens is 887 g/mol. The lowest BCUT2D eigenvalue weighted by molar-refractivity contribution is -0.389. The minimum atomic E-state index is -1.80. The van der Waals surface area contributed by atoms with Gasteiger partial charge in [0.1, 0.15) is 67.1 Å². The Morgan fingerprint density at radius 2 is 1.41 bits per heavy atom. The minimum Gasteiger partial charge on any atom is -0.481 e. The topological polar surface area (TPSA) is 284 Å². The number of carboxylic acid groups (broad SMARTS) is 1. The number of nitrogens with one attached hydrogen (secondary N) is 1. The number of rotatable bonds is 15. The lowest BCUT2D eigenvalue weighted by Gasteiger charge is -2.62. The molecule has 1 amide bonds. The maximum absolute atomic E-state index is 13.9. The van der Waals surface area contributed by atoms with E-state index in [0.717, 1.165) is 37.7 Å². The summed E-state index contributed by atoms with van der Waals surface area (Å²) in [5, 5.41) is 100. The highest BCUT2D eigenvalue weighted by Crippen LogP contribution is 2.73. The number of aliphatic hydroxyl groups excluding tert-OH is 8. The molecule has 18 nitrogen and oxygen atoms in total. The summed E-state index contributed by atoms with van der Waals surface area (Å²) in [5.74, 6) is -0.318. The van der Waals surface area contributed by atoms with Crippen molar-refractivity contribution >= 4 is 11.9 Å². The fraction of sp³-hybridized carbons (Fsp3) is 0.880. The van der Waals surface area contributed by atoms with Gasteiger partial charge < -0.3 is 79.7 Å². The van der Waals surface area contributed by atoms with Gasteiger partial charge in [0.2, 0.25) is 5.91 Å². The standard InChI is InChI=1S/C50H81NO17/c1-23(2)24(3)10-11-25(4)27-15-19-50(46(61)62)29-12-13-33-47(6,7)34(16-17-48(33,8)28(29)14-18-49(27,50)9)66-45-42(68-43-35(51-26(5)54)39(59)37(57)31(20-52)64-43)41(38(58)32(21-53)65-45)67-44-40(60)36(56)30(55)22-63-44/h23,25,27,30-45,52-53,55-60H,3,10-22H2,1-2,4-9H3,(H,51,54)(H,61,62)/t25-,27-,30+,31-,32-,33+,34-,35-,36+,37-,38+,39-,40-,41+,42-,43+,44+,45+,48-,49-,50+/m1/s1. The average Bonchev–Trinajstić information content (AvgIpc) is 3.61. The average molecular weight is 968 g/mol. The molecule has 0 unspecified atom stereocenters. The first-order valence-corrected chi connectivity index (χ1v) is 25.0. The SMILES string of the molecule is C=C(CC[C@@H](C)[C@H]1CC[C@@]2(C(=O)O)C3=C(CC[C@]12C)[C@@]1(C)CC[C@@H](O[C@@H]2O[C@H](CO)[C@H](O)[C@H](O[C@@H]4OC[C@H](O)[C@H](O)[C@H]4O)[C@H]2O[C@@H]2O[C@H](CO)[C@@H](O)[C@H](O)[C@H]2NC(C)=O)C(C)(C)[C@@H]1CC3)C(C)C. The number of fused-ring (bicyclic) bond motifs is 4. The van der Waals surface area contributed by atoms with Crippen molar-refractivity contribution in [3.8, 4) is 0 Å². The Balaban J connectivity index is 1.20. The smallest absolute Gasteiger partial charge is 0.314 e. The molecule has 18 heteroatoms. The van der Waals surface area contributed by atoms with Gasteiger partial charge in [0.15, 0.2) is 18.9 Å². The van der Waals surface area contributed by atoms with E-state index in [9.17, 15) is 55.5 Å². The summed E-state index contributed by atoms with van der Waals surface area (Å²) in [5.41, 5.74) is 1.25. The Morgan fingerprint density at radius 3 is 2.04 bits per heavy atom. The van der Waals surface area contributed by atoms with E-state index in [4.69, 9.17) is 28.4 Å². The number of hydrogen-bond acceptors (Lipinski definition) is 16. The second-order valence-corrected chi connectivity index (χ2v) is 22.7. The summed E-state index contributed by atoms with van der Waals surface area (Å²) >= 11 is 0. The highest BCUT2D eigenvalue weighted by Gasteiger charge is 2.69. The molecule has 7 aliphatic rings. The van der Waals surface area contributed by atoms with Crippen molar-refractivity contribution < 1.29 is 84.0 Å². The molecule has 10 N–H and O–H groups in total. The van der Waals surface area contributed by atoms with Crippen LogP contribution >= 0.6 is 0 Å². The van der Waals surface area contributed by atoms with Gasteiger partial charge >= 0.3 is 5.97 Å². The van der Waals surface area contributed by atoms with E-state index in [0.29, 0.717) is 43.9 Å². The first kappa shape index (κ1) is 53.7. The van der Waals surface area contributed by atoms with Gasteiger partial charge in [-0.1, -0.05) is 71.8 Å². The number of carbonyl (C=O) groups excluding carboxylic acids is 1. The van der Waals surface area contributed by atoms with Gasteiger partial charge in [0.25, 0.3) is 0 Å². The molecule has 4 aliphatic carbocycles. The molecule has 21 atom stereocenters. The summed E-state index contributed by atoms with van der Waals surface area (Å²) in [6.07, 6.45) is -13.8. The number of aliphatic hydroxyl groups is 8. The van der Waals surface area contributed by atoms with Crippen LogP contribution in [0.4, 0.5) is 0 Å². The van der Waals surface area contributed by atoms with E-state index < -0.39 is 140 Å². The highest BCUT2D eigenvalue weighted by molar-refractivity contribution is 5.82. The molecule has 0 aromatic heterocycles. The molecule has 7 rings (SSSR count). The van der Waals surface area contributed by atoms with Crippen LogP contribution in [0, 0.1) is 45.3 Å². The summed E-state index contributed by atoms with van der Waals surface area (Å²) in [6.45, 7) is 19.0. The number of allylic oxidation sites excluding steroid dienone is 2. The van der Waals surface area contributed by atoms with Gasteiger partial charge in [-0.05, 0) is 104 Å². The van der Waals surface area contributed by atoms with Crippen LogP contribution in [-0.2, 0) is 38.0 Å². The fourth-order valence-electron chi connectivity index (χ4n) is 14.3. The predicted octanol–water partition coefficient (Wildman–Crippen LogP) is 2.05. The molecule has 3 aliphatic heterocycles. The third-order valence-electron chi connectivity index (χ3n) is 18.4. The van der Waals surface area contributed by atoms with Crippen LogP contribution in [0.1, 0.15) is 120 Å². The fourth-order valence-corrected chi connectivity index (χ4v) is 14.3. The second kappa shape index (κ2) is 20.4. The van der Waals surface area contributed by atoms with E-state index in [1.165, 1.54) is 18.1 Å². The summed E-state index contributed by atoms with van der Waals surface area (Å²) < 4.78 is 37.5. The third kappa shape index (κ3) is 9.17. The quantitative estimate of drug-likeness (QED) is 0.105. The van der Waals surface area contributed by atoms with Crippen molar-refractivity contribution in [3.63, 3.8) is 0 Å². The van der Waals surface area contributed by atoms with Gasteiger partial charge in [-0.15, -0.1) is 0 Å². The maximum Gasteiger partial charge on any atom is 0.314 e. The van der Waals surface area contributed by atoms with E-state index in [-0.39, 0.29) is 17.3 Å². The Labute approximate surface area is 400 Å². The van der Waals surface area contributed by atoms with E-state index in [1.54, 1.807) is 0 Å². The molecule has 68 heavy (non-hydrogen) atoms. The zero-order valence-electron chi connectivity index (χ0n) is 41.2. The van der Waals surface area contributed by atoms with Crippen LogP contribution in [0.2, 0.25) is 0 Å². The second-order valence-electron chi connectivity index (χ2n) is 22.7. The molecule has 0 aromatic carbocycles. The van der Waals surface area contributed by atoms with Crippen molar-refractivity contribution in [2.45, 2.75) is 212 Å². The minimum absolute atomic E-state index is 0.0154. The largest absolute Gasteiger partial charge is 0.481 e. The van der Waals surface area contributed by atoms with Crippen LogP contribution in [0.15, 0.2) is 23.3 Å². The van der Waals surface area contributed by atoms with Crippen LogP contribution in [0.5, 0.6) is 0 Å². The van der Waals surface area contributed by atoms with Gasteiger partial charge in [-0.3, -0.25) is 9.59 Å². The number of carbonyl (C=O) groups is 2. The van der Waals surface area contributed by atoms with Crippen LogP contribution in [-0.4, -0.2) is 170 Å². The molecule has 2 saturated carbocycles. The number of amides is 1. The molecule has 388 valence electrons. The lowest BCUT2D eigenvalue weighted by atomic mass is 9.43. The van der Waals surface area contributed by atoms with Crippen LogP contribution in [0.25, 0.3) is 0 Å². The first-order chi connectivity index (χ1) is 31.9. The van der Waals surface area contributed by atoms with Crippen molar-refractivity contribution in [2.75, 3.05) is 19.8 Å². The molecule has 0 aromatic rings. The summed E-state index contributed by atoms with van der Waals surface area (Å²) in [4.78, 5) is 26.4. The van der Waals surface area contributed by atoms with Gasteiger partial charge in [-0.2, -0.15) is 0 Å². The van der Waals surface area contributed by atoms with E-state index >= 15 is 0 Å².